The van der Waals surface area contributed by atoms with Gasteiger partial charge in [-0.05, 0) is 11.9 Å². The Bertz CT molecular complexity index is 433. The molecule has 0 unspecified atom stereocenters. The third-order valence-electron chi connectivity index (χ3n) is 1.43. The summed E-state index contributed by atoms with van der Waals surface area (Å²) in [5.41, 5.74) is 0.663. The molecule has 0 atom stereocenters. The van der Waals surface area contributed by atoms with Crippen LogP contribution < -0.4 is 5.36 Å². The van der Waals surface area contributed by atoms with Crippen molar-refractivity contribution in [2.24, 2.45) is 0 Å². The van der Waals surface area contributed by atoms with Crippen molar-refractivity contribution in [1.29, 1.82) is 0 Å². The smallest absolute Gasteiger partial charge is 0.361 e. The molecule has 0 amide bonds. The van der Waals surface area contributed by atoms with E-state index in [-0.39, 0.29) is 5.36 Å². The molecule has 0 aliphatic rings. The van der Waals surface area contributed by atoms with Crippen molar-refractivity contribution in [2.45, 2.75) is 0 Å². The van der Waals surface area contributed by atoms with Crippen LogP contribution in [-0.4, -0.2) is 0 Å². The predicted molar refractivity (Wildman–Crippen MR) is 45.0 cm³/mol. The topological polar surface area (TPSA) is 30.2 Å². The molecule has 1 aromatic heterocycles. The fourth-order valence-corrected chi connectivity index (χ4v) is 1.53. The average Bonchev–Trinajstić information content (AvgIpc) is 2.04. The molecule has 0 radical (unpaired) electrons. The van der Waals surface area contributed by atoms with Crippen LogP contribution in [0, 0.1) is 0 Å². The van der Waals surface area contributed by atoms with Gasteiger partial charge in [0.1, 0.15) is 5.58 Å². The second-order valence-corrected chi connectivity index (χ2v) is 3.05. The minimum atomic E-state index is -0.205. The molecule has 2 aromatic rings. The summed E-state index contributed by atoms with van der Waals surface area (Å²) in [6.07, 6.45) is 0. The third kappa shape index (κ3) is 1.17. The maximum atomic E-state index is 10.8. The highest BCUT2D eigenvalue weighted by Gasteiger charge is 1.92. The monoisotopic (exact) mass is 164 g/mol. The highest BCUT2D eigenvalue weighted by Crippen LogP contribution is 2.13. The number of para-hydroxylation sites is 1. The fraction of sp³-hybridized carbons (Fsp3) is 0. The molecule has 3 heteroatoms. The van der Waals surface area contributed by atoms with Crippen molar-refractivity contribution in [1.82, 2.24) is 0 Å². The SMILES string of the molecule is O=c1oc2ccccc2cp1. The van der Waals surface area contributed by atoms with Crippen LogP contribution in [0.1, 0.15) is 0 Å². The number of hydrogen-bond donors (Lipinski definition) is 0. The standard InChI is InChI=1S/C8H5O2P/c9-8-10-7-4-2-1-3-6(7)5-11-8/h1-5H. The molecule has 0 aliphatic carbocycles. The Morgan fingerprint density at radius 3 is 3.00 bits per heavy atom. The van der Waals surface area contributed by atoms with Crippen LogP contribution in [0.4, 0.5) is 0 Å². The lowest BCUT2D eigenvalue weighted by atomic mass is 10.3. The van der Waals surface area contributed by atoms with Gasteiger partial charge in [-0.3, -0.25) is 0 Å². The molecular weight excluding hydrogens is 159 g/mol. The van der Waals surface area contributed by atoms with Gasteiger partial charge in [0.15, 0.2) is 0 Å². The summed E-state index contributed by atoms with van der Waals surface area (Å²) in [6, 6.07) is 7.49. The van der Waals surface area contributed by atoms with Gasteiger partial charge in [0, 0.05) is 13.6 Å². The first kappa shape index (κ1) is 6.56. The molecule has 0 bridgehead atoms. The maximum Gasteiger partial charge on any atom is 0.361 e. The van der Waals surface area contributed by atoms with E-state index in [1.807, 2.05) is 24.0 Å². The minimum absolute atomic E-state index is 0.205. The van der Waals surface area contributed by atoms with Crippen LogP contribution in [0.5, 0.6) is 0 Å². The second kappa shape index (κ2) is 2.48. The Labute approximate surface area is 64.6 Å². The largest absolute Gasteiger partial charge is 0.419 e. The number of rotatable bonds is 0. The zero-order valence-corrected chi connectivity index (χ0v) is 6.54. The highest BCUT2D eigenvalue weighted by molar-refractivity contribution is 7.27. The third-order valence-corrected chi connectivity index (χ3v) is 2.13. The molecule has 0 saturated heterocycles. The van der Waals surface area contributed by atoms with E-state index in [0.717, 1.165) is 5.39 Å². The molecule has 2 nitrogen and oxygen atoms in total. The molecule has 0 aliphatic heterocycles. The zero-order valence-electron chi connectivity index (χ0n) is 5.65. The van der Waals surface area contributed by atoms with Crippen molar-refractivity contribution in [3.63, 3.8) is 0 Å². The Morgan fingerprint density at radius 2 is 2.09 bits per heavy atom. The normalized spacial score (nSPS) is 10.9. The van der Waals surface area contributed by atoms with Crippen molar-refractivity contribution in [3.05, 3.63) is 40.2 Å². The van der Waals surface area contributed by atoms with E-state index in [4.69, 9.17) is 4.42 Å². The lowest BCUT2D eigenvalue weighted by molar-refractivity contribution is 0.580. The van der Waals surface area contributed by atoms with Gasteiger partial charge >= 0.3 is 5.36 Å². The van der Waals surface area contributed by atoms with Crippen LogP contribution in [0.3, 0.4) is 0 Å². The van der Waals surface area contributed by atoms with E-state index in [2.05, 4.69) is 0 Å². The molecule has 2 rings (SSSR count). The van der Waals surface area contributed by atoms with Gasteiger partial charge in [0.05, 0.1) is 0 Å². The van der Waals surface area contributed by atoms with E-state index in [0.29, 0.717) is 13.8 Å². The van der Waals surface area contributed by atoms with Crippen LogP contribution in [0.2, 0.25) is 0 Å². The van der Waals surface area contributed by atoms with Gasteiger partial charge in [-0.2, -0.15) is 0 Å². The van der Waals surface area contributed by atoms with Gasteiger partial charge in [0.2, 0.25) is 0 Å². The summed E-state index contributed by atoms with van der Waals surface area (Å²) in [7, 11) is 0.615. The summed E-state index contributed by atoms with van der Waals surface area (Å²) in [4.78, 5) is 10.8. The van der Waals surface area contributed by atoms with Crippen LogP contribution in [0.15, 0.2) is 39.3 Å². The summed E-state index contributed by atoms with van der Waals surface area (Å²) in [5, 5.41) is 0.789. The molecule has 0 saturated carbocycles. The summed E-state index contributed by atoms with van der Waals surface area (Å²) in [6.45, 7) is 0. The Balaban J connectivity index is 2.94. The zero-order chi connectivity index (χ0) is 7.68. The number of hydrogen-bond acceptors (Lipinski definition) is 2. The summed E-state index contributed by atoms with van der Waals surface area (Å²) in [5.74, 6) is 1.85. The highest BCUT2D eigenvalue weighted by atomic mass is 31.0. The molecule has 11 heavy (non-hydrogen) atoms. The second-order valence-electron chi connectivity index (χ2n) is 2.16. The van der Waals surface area contributed by atoms with Gasteiger partial charge in [-0.1, -0.05) is 18.2 Å². The summed E-state index contributed by atoms with van der Waals surface area (Å²) >= 11 is 0. The Morgan fingerprint density at radius 1 is 1.27 bits per heavy atom. The van der Waals surface area contributed by atoms with E-state index in [1.54, 1.807) is 6.07 Å². The van der Waals surface area contributed by atoms with Crippen molar-refractivity contribution >= 4 is 19.2 Å². The molecule has 0 spiro atoms. The van der Waals surface area contributed by atoms with E-state index in [1.165, 1.54) is 0 Å². The Hall–Kier alpha value is -1.14. The van der Waals surface area contributed by atoms with Gasteiger partial charge in [-0.15, -0.1) is 0 Å². The molecule has 0 fully saturated rings. The first-order valence-electron chi connectivity index (χ1n) is 3.21. The fourth-order valence-electron chi connectivity index (χ4n) is 0.923. The van der Waals surface area contributed by atoms with Crippen molar-refractivity contribution in [3.8, 4) is 0 Å². The lowest BCUT2D eigenvalue weighted by Gasteiger charge is -1.90. The first-order chi connectivity index (χ1) is 5.36. The van der Waals surface area contributed by atoms with E-state index >= 15 is 0 Å². The molecule has 0 N–H and O–H groups in total. The molecular formula is C8H5O2P. The van der Waals surface area contributed by atoms with Crippen molar-refractivity contribution in [2.75, 3.05) is 0 Å². The first-order valence-corrected chi connectivity index (χ1v) is 4.17. The average molecular weight is 164 g/mol. The maximum absolute atomic E-state index is 10.8. The molecule has 1 aromatic carbocycles. The van der Waals surface area contributed by atoms with Crippen LogP contribution >= 0.6 is 8.19 Å². The minimum Gasteiger partial charge on any atom is -0.419 e. The lowest BCUT2D eigenvalue weighted by Crippen LogP contribution is -1.86. The van der Waals surface area contributed by atoms with Gasteiger partial charge in [0.25, 0.3) is 0 Å². The van der Waals surface area contributed by atoms with Gasteiger partial charge in [-0.25, -0.2) is 4.79 Å². The number of benzene rings is 1. The van der Waals surface area contributed by atoms with E-state index in [9.17, 15) is 4.79 Å². The number of fused-ring (bicyclic) bond motifs is 1. The van der Waals surface area contributed by atoms with Crippen molar-refractivity contribution < 1.29 is 4.42 Å². The van der Waals surface area contributed by atoms with E-state index < -0.39 is 0 Å². The quantitative estimate of drug-likeness (QED) is 0.598. The Kier molecular flexibility index (Phi) is 1.48. The molecule has 1 heterocycles. The van der Waals surface area contributed by atoms with Crippen LogP contribution in [0.25, 0.3) is 11.0 Å². The summed E-state index contributed by atoms with van der Waals surface area (Å²) < 4.78 is 4.95. The van der Waals surface area contributed by atoms with Gasteiger partial charge < -0.3 is 4.42 Å². The van der Waals surface area contributed by atoms with Crippen LogP contribution in [-0.2, 0) is 0 Å². The molecule has 54 valence electrons. The predicted octanol–water partition coefficient (Wildman–Crippen LogP) is 2.37.